The summed E-state index contributed by atoms with van der Waals surface area (Å²) in [6.07, 6.45) is 5.55. The maximum Gasteiger partial charge on any atom is 0.0599 e. The average Bonchev–Trinajstić information content (AvgIpc) is 3.41. The molecule has 3 nitrogen and oxygen atoms in total. The Kier molecular flexibility index (Phi) is 16.3. The second-order valence-electron chi connectivity index (χ2n) is 5.10. The van der Waals surface area contributed by atoms with Crippen molar-refractivity contribution in [3.63, 3.8) is 0 Å². The van der Waals surface area contributed by atoms with Gasteiger partial charge < -0.3 is 10.8 Å². The Balaban J connectivity index is 0.000000422. The highest BCUT2D eigenvalue weighted by atomic mass is 32.2. The number of nitrogens with two attached hydrogens (primary N) is 1. The Morgan fingerprint density at radius 1 is 1.12 bits per heavy atom. The van der Waals surface area contributed by atoms with E-state index in [0.29, 0.717) is 6.54 Å². The van der Waals surface area contributed by atoms with Gasteiger partial charge in [-0.1, -0.05) is 56.1 Å². The van der Waals surface area contributed by atoms with Crippen LogP contribution in [-0.4, -0.2) is 42.1 Å². The second-order valence-corrected chi connectivity index (χ2v) is 8.25. The van der Waals surface area contributed by atoms with Gasteiger partial charge in [0.2, 0.25) is 0 Å². The first kappa shape index (κ1) is 25.5. The number of aliphatic hydroxyl groups is 1. The fraction of sp³-hybridized carbons (Fsp3) is 0.500. The minimum Gasteiger partial charge on any atom is -0.400 e. The van der Waals surface area contributed by atoms with Crippen molar-refractivity contribution in [2.45, 2.75) is 36.9 Å². The van der Waals surface area contributed by atoms with Crippen LogP contribution < -0.4 is 5.73 Å². The first-order valence-corrected chi connectivity index (χ1v) is 12.1. The molecule has 2 aromatic rings. The minimum atomic E-state index is 0.672. The number of aliphatic hydroxyl groups excluding tert-OH is 1. The molecule has 1 atom stereocenters. The van der Waals surface area contributed by atoms with E-state index in [9.17, 15) is 0 Å². The normalized spacial score (nSPS) is 15.7. The van der Waals surface area contributed by atoms with E-state index >= 15 is 0 Å². The predicted octanol–water partition coefficient (Wildman–Crippen LogP) is 5.32. The number of hydrogen-bond donors (Lipinski definition) is 2. The van der Waals surface area contributed by atoms with E-state index in [0.717, 1.165) is 13.0 Å². The maximum atomic E-state index is 7.00. The summed E-state index contributed by atoms with van der Waals surface area (Å²) < 4.78 is 3.79. The van der Waals surface area contributed by atoms with Gasteiger partial charge in [-0.2, -0.15) is 0 Å². The van der Waals surface area contributed by atoms with Crippen molar-refractivity contribution in [1.82, 2.24) is 4.31 Å². The molecule has 148 valence electrons. The first-order chi connectivity index (χ1) is 12.8. The van der Waals surface area contributed by atoms with Crippen LogP contribution >= 0.6 is 35.0 Å². The number of nitrogens with zero attached hydrogens (tertiary/aromatic N) is 1. The molecule has 2 heterocycles. The quantitative estimate of drug-likeness (QED) is 0.524. The van der Waals surface area contributed by atoms with Crippen molar-refractivity contribution >= 4 is 35.0 Å². The summed E-state index contributed by atoms with van der Waals surface area (Å²) in [5, 5.41) is 7.00. The monoisotopic (exact) mass is 414 g/mol. The van der Waals surface area contributed by atoms with Gasteiger partial charge in [0.15, 0.2) is 0 Å². The average molecular weight is 415 g/mol. The van der Waals surface area contributed by atoms with Gasteiger partial charge in [0.1, 0.15) is 0 Å². The van der Waals surface area contributed by atoms with Crippen LogP contribution in [0.2, 0.25) is 0 Å². The zero-order chi connectivity index (χ0) is 19.8. The molecule has 3 rings (SSSR count). The third-order valence-electron chi connectivity index (χ3n) is 3.72. The smallest absolute Gasteiger partial charge is 0.0599 e. The summed E-state index contributed by atoms with van der Waals surface area (Å²) in [7, 11) is 1.00. The summed E-state index contributed by atoms with van der Waals surface area (Å²) in [4.78, 5) is 1.26. The third kappa shape index (κ3) is 9.44. The molecule has 0 saturated carbocycles. The molecular weight excluding hydrogens is 380 g/mol. The molecule has 0 bridgehead atoms. The van der Waals surface area contributed by atoms with E-state index in [1.807, 2.05) is 25.8 Å². The van der Waals surface area contributed by atoms with Crippen LogP contribution in [0.5, 0.6) is 0 Å². The summed E-state index contributed by atoms with van der Waals surface area (Å²) in [5.74, 6) is 0.758. The van der Waals surface area contributed by atoms with Crippen molar-refractivity contribution in [3.8, 4) is 0 Å². The first-order valence-electron chi connectivity index (χ1n) is 8.88. The summed E-state index contributed by atoms with van der Waals surface area (Å²) in [6, 6.07) is 15.0. The fourth-order valence-corrected chi connectivity index (χ4v) is 4.56. The van der Waals surface area contributed by atoms with Crippen molar-refractivity contribution in [2.24, 2.45) is 5.73 Å². The minimum absolute atomic E-state index is 0.672. The molecular formula is C20H34N2OS3. The summed E-state index contributed by atoms with van der Waals surface area (Å²) in [6.45, 7) is 7.12. The molecule has 0 radical (unpaired) electrons. The molecule has 6 heteroatoms. The standard InChI is InChI=1S/C11H15NS.C6H9NS2.C2H6.CH4O/c1-13-12-8-7-11(9-12)10-5-3-2-4-6-10;1-8-6-3-2-5(4-7)9-6;2*1-2/h2-6,11H,7-9H2,1H3;2-3H,4,7H2,1H3;1-2H3;2H,1H3. The Hall–Kier alpha value is -0.500. The van der Waals surface area contributed by atoms with E-state index in [-0.39, 0.29) is 0 Å². The van der Waals surface area contributed by atoms with Crippen LogP contribution in [0.3, 0.4) is 0 Å². The molecule has 1 aromatic carbocycles. The summed E-state index contributed by atoms with van der Waals surface area (Å²) in [5.41, 5.74) is 6.92. The number of benzene rings is 1. The van der Waals surface area contributed by atoms with Gasteiger partial charge in [-0.3, -0.25) is 4.31 Å². The van der Waals surface area contributed by atoms with Gasteiger partial charge in [0.25, 0.3) is 0 Å². The lowest BCUT2D eigenvalue weighted by molar-refractivity contribution is 0.399. The Bertz CT molecular complexity index is 530. The van der Waals surface area contributed by atoms with Crippen LogP contribution in [0.25, 0.3) is 0 Å². The highest BCUT2D eigenvalue weighted by molar-refractivity contribution is 8.00. The van der Waals surface area contributed by atoms with Gasteiger partial charge in [0, 0.05) is 31.6 Å². The highest BCUT2D eigenvalue weighted by Gasteiger charge is 2.22. The topological polar surface area (TPSA) is 49.5 Å². The molecule has 1 fully saturated rings. The zero-order valence-electron chi connectivity index (χ0n) is 16.6. The van der Waals surface area contributed by atoms with E-state index < -0.39 is 0 Å². The second kappa shape index (κ2) is 16.7. The van der Waals surface area contributed by atoms with Crippen LogP contribution in [0, 0.1) is 0 Å². The third-order valence-corrected chi connectivity index (χ3v) is 6.76. The van der Waals surface area contributed by atoms with Gasteiger partial charge in [-0.05, 0) is 42.5 Å². The molecule has 1 aliphatic rings. The number of thiophene rings is 1. The van der Waals surface area contributed by atoms with Gasteiger partial charge >= 0.3 is 0 Å². The van der Waals surface area contributed by atoms with E-state index in [1.54, 1.807) is 23.1 Å². The van der Waals surface area contributed by atoms with Gasteiger partial charge in [0.05, 0.1) is 4.21 Å². The van der Waals surface area contributed by atoms with Gasteiger partial charge in [-0.25, -0.2) is 0 Å². The predicted molar refractivity (Wildman–Crippen MR) is 122 cm³/mol. The lowest BCUT2D eigenvalue weighted by atomic mass is 9.99. The Labute approximate surface area is 172 Å². The van der Waals surface area contributed by atoms with Crippen molar-refractivity contribution in [3.05, 3.63) is 52.9 Å². The van der Waals surface area contributed by atoms with Gasteiger partial charge in [-0.15, -0.1) is 23.1 Å². The highest BCUT2D eigenvalue weighted by Crippen LogP contribution is 2.29. The van der Waals surface area contributed by atoms with Crippen LogP contribution in [0.15, 0.2) is 46.7 Å². The Morgan fingerprint density at radius 2 is 1.77 bits per heavy atom. The van der Waals surface area contributed by atoms with E-state index in [2.05, 4.69) is 59.3 Å². The summed E-state index contributed by atoms with van der Waals surface area (Å²) >= 11 is 5.40. The fourth-order valence-electron chi connectivity index (χ4n) is 2.47. The van der Waals surface area contributed by atoms with Crippen LogP contribution in [0.4, 0.5) is 0 Å². The maximum absolute atomic E-state index is 7.00. The molecule has 0 aliphatic carbocycles. The van der Waals surface area contributed by atoms with Crippen molar-refractivity contribution in [2.75, 3.05) is 32.7 Å². The Morgan fingerprint density at radius 3 is 2.19 bits per heavy atom. The van der Waals surface area contributed by atoms with Crippen molar-refractivity contribution in [1.29, 1.82) is 0 Å². The van der Waals surface area contributed by atoms with Crippen molar-refractivity contribution < 1.29 is 5.11 Å². The molecule has 1 saturated heterocycles. The molecule has 26 heavy (non-hydrogen) atoms. The van der Waals surface area contributed by atoms with Crippen LogP contribution in [0.1, 0.15) is 36.6 Å². The zero-order valence-corrected chi connectivity index (χ0v) is 19.1. The molecule has 1 aliphatic heterocycles. The number of rotatable bonds is 4. The number of hydrogen-bond acceptors (Lipinski definition) is 6. The lowest BCUT2D eigenvalue weighted by Crippen LogP contribution is -2.10. The lowest BCUT2D eigenvalue weighted by Gasteiger charge is -2.11. The SMILES string of the molecule is CC.CO.CSN1CCC(c2ccccc2)C1.CSc1ccc(CN)s1. The molecule has 3 N–H and O–H groups in total. The molecule has 1 unspecified atom stereocenters. The van der Waals surface area contributed by atoms with Crippen LogP contribution in [-0.2, 0) is 6.54 Å². The molecule has 0 amide bonds. The number of thioether (sulfide) groups is 1. The molecule has 0 spiro atoms. The van der Waals surface area contributed by atoms with E-state index in [4.69, 9.17) is 10.8 Å². The largest absolute Gasteiger partial charge is 0.400 e. The molecule has 1 aromatic heterocycles. The van der Waals surface area contributed by atoms with E-state index in [1.165, 1.54) is 34.2 Å².